The van der Waals surface area contributed by atoms with E-state index in [0.717, 1.165) is 62.3 Å². The smallest absolute Gasteiger partial charge is 0.199 e. The van der Waals surface area contributed by atoms with Crippen LogP contribution in [0, 0.1) is 0 Å². The Morgan fingerprint density at radius 3 is 2.83 bits per heavy atom. The predicted molar refractivity (Wildman–Crippen MR) is 90.5 cm³/mol. The van der Waals surface area contributed by atoms with Crippen molar-refractivity contribution in [3.05, 3.63) is 30.2 Å². The first-order valence-electron chi connectivity index (χ1n) is 9.02. The third-order valence-electron chi connectivity index (χ3n) is 5.47. The van der Waals surface area contributed by atoms with E-state index < -0.39 is 5.60 Å². The quantitative estimate of drug-likeness (QED) is 0.938. The van der Waals surface area contributed by atoms with Crippen LogP contribution in [0.3, 0.4) is 0 Å². The van der Waals surface area contributed by atoms with Crippen LogP contribution < -0.4 is 0 Å². The molecule has 4 heteroatoms. The van der Waals surface area contributed by atoms with E-state index in [2.05, 4.69) is 9.88 Å². The molecule has 2 aromatic rings. The number of piperidine rings is 1. The molecule has 1 saturated heterocycles. The number of fused-ring (bicyclic) bond motifs is 1. The molecule has 0 bridgehead atoms. The molecule has 23 heavy (non-hydrogen) atoms. The molecule has 1 N–H and O–H groups in total. The maximum atomic E-state index is 10.8. The first-order valence-corrected chi connectivity index (χ1v) is 9.02. The van der Waals surface area contributed by atoms with Crippen molar-refractivity contribution < 1.29 is 9.52 Å². The minimum Gasteiger partial charge on any atom is -0.440 e. The SMILES string of the molecule is OC1(CN2CCCC(c3nc4ccccc4o3)C2)CCCCC1. The van der Waals surface area contributed by atoms with Crippen molar-refractivity contribution in [2.24, 2.45) is 0 Å². The molecule has 4 nitrogen and oxygen atoms in total. The average molecular weight is 314 g/mol. The summed E-state index contributed by atoms with van der Waals surface area (Å²) in [6, 6.07) is 7.98. The van der Waals surface area contributed by atoms with Gasteiger partial charge in [0.25, 0.3) is 0 Å². The summed E-state index contributed by atoms with van der Waals surface area (Å²) in [5.41, 5.74) is 1.36. The van der Waals surface area contributed by atoms with Crippen LogP contribution in [0.4, 0.5) is 0 Å². The van der Waals surface area contributed by atoms with Crippen molar-refractivity contribution in [2.45, 2.75) is 56.5 Å². The van der Waals surface area contributed by atoms with Crippen LogP contribution in [0.15, 0.2) is 28.7 Å². The number of nitrogens with zero attached hydrogens (tertiary/aromatic N) is 2. The Balaban J connectivity index is 1.46. The molecule has 1 saturated carbocycles. The lowest BCUT2D eigenvalue weighted by molar-refractivity contribution is -0.0320. The van der Waals surface area contributed by atoms with Crippen LogP contribution in [0.1, 0.15) is 56.8 Å². The van der Waals surface area contributed by atoms with Gasteiger partial charge in [-0.2, -0.15) is 0 Å². The number of oxazole rings is 1. The van der Waals surface area contributed by atoms with E-state index in [1.54, 1.807) is 0 Å². The second-order valence-corrected chi connectivity index (χ2v) is 7.38. The van der Waals surface area contributed by atoms with Crippen LogP contribution in [-0.4, -0.2) is 40.2 Å². The number of likely N-dealkylation sites (tertiary alicyclic amines) is 1. The molecule has 2 heterocycles. The van der Waals surface area contributed by atoms with Crippen LogP contribution in [0.5, 0.6) is 0 Å². The number of hydrogen-bond donors (Lipinski definition) is 1. The average Bonchev–Trinajstić information content (AvgIpc) is 2.99. The summed E-state index contributed by atoms with van der Waals surface area (Å²) in [6.07, 6.45) is 7.79. The molecule has 1 aromatic carbocycles. The number of benzene rings is 1. The van der Waals surface area contributed by atoms with Gasteiger partial charge in [0, 0.05) is 19.0 Å². The zero-order valence-electron chi connectivity index (χ0n) is 13.7. The van der Waals surface area contributed by atoms with E-state index in [0.29, 0.717) is 5.92 Å². The van der Waals surface area contributed by atoms with Gasteiger partial charge in [0.15, 0.2) is 11.5 Å². The molecule has 0 spiro atoms. The highest BCUT2D eigenvalue weighted by Gasteiger charge is 2.34. The Labute approximate surface area is 137 Å². The topological polar surface area (TPSA) is 49.5 Å². The van der Waals surface area contributed by atoms with E-state index in [1.165, 1.54) is 19.3 Å². The maximum Gasteiger partial charge on any atom is 0.199 e. The fourth-order valence-corrected chi connectivity index (χ4v) is 4.25. The summed E-state index contributed by atoms with van der Waals surface area (Å²) in [5.74, 6) is 1.22. The highest BCUT2D eigenvalue weighted by molar-refractivity contribution is 5.72. The van der Waals surface area contributed by atoms with Gasteiger partial charge in [-0.25, -0.2) is 4.98 Å². The van der Waals surface area contributed by atoms with Gasteiger partial charge in [0.1, 0.15) is 5.52 Å². The van der Waals surface area contributed by atoms with Crippen molar-refractivity contribution in [1.82, 2.24) is 9.88 Å². The highest BCUT2D eigenvalue weighted by Crippen LogP contribution is 2.33. The minimum absolute atomic E-state index is 0.350. The lowest BCUT2D eigenvalue weighted by atomic mass is 9.84. The van der Waals surface area contributed by atoms with Gasteiger partial charge in [0.05, 0.1) is 5.60 Å². The number of aromatic nitrogens is 1. The molecule has 0 amide bonds. The molecule has 2 fully saturated rings. The molecule has 4 rings (SSSR count). The first kappa shape index (κ1) is 15.2. The van der Waals surface area contributed by atoms with Crippen molar-refractivity contribution in [3.8, 4) is 0 Å². The van der Waals surface area contributed by atoms with Crippen molar-refractivity contribution in [1.29, 1.82) is 0 Å². The van der Waals surface area contributed by atoms with Gasteiger partial charge < -0.3 is 9.52 Å². The van der Waals surface area contributed by atoms with E-state index in [4.69, 9.17) is 4.42 Å². The normalized spacial score (nSPS) is 25.7. The second kappa shape index (κ2) is 6.25. The zero-order chi connectivity index (χ0) is 15.7. The van der Waals surface area contributed by atoms with E-state index in [-0.39, 0.29) is 0 Å². The fraction of sp³-hybridized carbons (Fsp3) is 0.632. The molecule has 1 aromatic heterocycles. The van der Waals surface area contributed by atoms with Crippen LogP contribution >= 0.6 is 0 Å². The van der Waals surface area contributed by atoms with Gasteiger partial charge in [-0.05, 0) is 44.4 Å². The van der Waals surface area contributed by atoms with Crippen molar-refractivity contribution in [3.63, 3.8) is 0 Å². The minimum atomic E-state index is -0.471. The molecule has 2 aliphatic rings. The number of hydrogen-bond acceptors (Lipinski definition) is 4. The highest BCUT2D eigenvalue weighted by atomic mass is 16.3. The summed E-state index contributed by atoms with van der Waals surface area (Å²) in [4.78, 5) is 7.10. The van der Waals surface area contributed by atoms with E-state index in [9.17, 15) is 5.11 Å². The molecule has 1 unspecified atom stereocenters. The maximum absolute atomic E-state index is 10.8. The number of aliphatic hydroxyl groups is 1. The van der Waals surface area contributed by atoms with Gasteiger partial charge in [-0.3, -0.25) is 4.90 Å². The van der Waals surface area contributed by atoms with E-state index in [1.807, 2.05) is 24.3 Å². The number of rotatable bonds is 3. The van der Waals surface area contributed by atoms with Gasteiger partial charge in [0.2, 0.25) is 0 Å². The van der Waals surface area contributed by atoms with Gasteiger partial charge in [-0.15, -0.1) is 0 Å². The lowest BCUT2D eigenvalue weighted by Crippen LogP contribution is -2.47. The Bertz CT molecular complexity index is 627. The van der Waals surface area contributed by atoms with E-state index >= 15 is 0 Å². The summed E-state index contributed by atoms with van der Waals surface area (Å²) >= 11 is 0. The molecule has 1 aliphatic heterocycles. The molecule has 0 radical (unpaired) electrons. The summed E-state index contributed by atoms with van der Waals surface area (Å²) < 4.78 is 5.97. The van der Waals surface area contributed by atoms with Crippen molar-refractivity contribution >= 4 is 11.1 Å². The third-order valence-corrected chi connectivity index (χ3v) is 5.47. The summed E-state index contributed by atoms with van der Waals surface area (Å²) in [6.45, 7) is 2.85. The van der Waals surface area contributed by atoms with Crippen LogP contribution in [0.25, 0.3) is 11.1 Å². The molecule has 124 valence electrons. The van der Waals surface area contributed by atoms with Crippen LogP contribution in [-0.2, 0) is 0 Å². The zero-order valence-corrected chi connectivity index (χ0v) is 13.7. The van der Waals surface area contributed by atoms with Crippen LogP contribution in [0.2, 0.25) is 0 Å². The molecule has 1 atom stereocenters. The molecular weight excluding hydrogens is 288 g/mol. The second-order valence-electron chi connectivity index (χ2n) is 7.38. The van der Waals surface area contributed by atoms with Gasteiger partial charge in [-0.1, -0.05) is 31.4 Å². The summed E-state index contributed by atoms with van der Waals surface area (Å²) in [7, 11) is 0. The molecule has 1 aliphatic carbocycles. The first-order chi connectivity index (χ1) is 11.2. The fourth-order valence-electron chi connectivity index (χ4n) is 4.25. The summed E-state index contributed by atoms with van der Waals surface area (Å²) in [5, 5.41) is 10.8. The number of β-amino-alcohol motifs (C(OH)–C–C–N with tert-alkyl or cyclic N) is 1. The molecular formula is C19H26N2O2. The Kier molecular flexibility index (Phi) is 4.12. The monoisotopic (exact) mass is 314 g/mol. The third kappa shape index (κ3) is 3.29. The Morgan fingerprint density at radius 2 is 2.00 bits per heavy atom. The Hall–Kier alpha value is -1.39. The standard InChI is InChI=1S/C19H26N2O2/c22-19(10-4-1-5-11-19)14-21-12-6-7-15(13-21)18-20-16-8-2-3-9-17(16)23-18/h2-3,8-9,15,22H,1,4-7,10-14H2. The lowest BCUT2D eigenvalue weighted by Gasteiger charge is -2.39. The predicted octanol–water partition coefficient (Wildman–Crippen LogP) is 3.70. The Morgan fingerprint density at radius 1 is 1.17 bits per heavy atom. The largest absolute Gasteiger partial charge is 0.440 e. The van der Waals surface area contributed by atoms with Crippen molar-refractivity contribution in [2.75, 3.05) is 19.6 Å². The number of para-hydroxylation sites is 2. The van der Waals surface area contributed by atoms with Gasteiger partial charge >= 0.3 is 0 Å².